The molecule has 0 aromatic heterocycles. The molecule has 1 aliphatic carbocycles. The summed E-state index contributed by atoms with van der Waals surface area (Å²) < 4.78 is 11.2. The van der Waals surface area contributed by atoms with Crippen LogP contribution in [0.2, 0.25) is 0 Å². The molecule has 152 valence electrons. The van der Waals surface area contributed by atoms with E-state index in [1.165, 1.54) is 7.05 Å². The number of rotatable bonds is 5. The molecular formula is C22H18N2O6. The summed E-state index contributed by atoms with van der Waals surface area (Å²) in [6.45, 7) is 2.20. The Morgan fingerprint density at radius 2 is 1.37 bits per heavy atom. The van der Waals surface area contributed by atoms with E-state index in [4.69, 9.17) is 9.47 Å². The van der Waals surface area contributed by atoms with Crippen molar-refractivity contribution in [3.63, 3.8) is 0 Å². The van der Waals surface area contributed by atoms with E-state index in [0.29, 0.717) is 12.4 Å². The predicted molar refractivity (Wildman–Crippen MR) is 103 cm³/mol. The fourth-order valence-electron chi connectivity index (χ4n) is 4.30. The highest BCUT2D eigenvalue weighted by Gasteiger charge is 2.79. The Hall–Kier alpha value is -3.68. The van der Waals surface area contributed by atoms with Crippen LogP contribution in [-0.4, -0.2) is 53.8 Å². The van der Waals surface area contributed by atoms with Gasteiger partial charge in [-0.3, -0.25) is 24.1 Å². The topological polar surface area (TPSA) is 93.2 Å². The van der Waals surface area contributed by atoms with Crippen LogP contribution in [0.3, 0.4) is 0 Å². The van der Waals surface area contributed by atoms with Gasteiger partial charge in [0.1, 0.15) is 11.5 Å². The molecule has 1 spiro atoms. The van der Waals surface area contributed by atoms with E-state index in [0.717, 1.165) is 44.2 Å². The lowest BCUT2D eigenvalue weighted by Crippen LogP contribution is -2.83. The zero-order chi connectivity index (χ0) is 21.2. The highest BCUT2D eigenvalue weighted by Crippen LogP contribution is 2.44. The third-order valence-electron chi connectivity index (χ3n) is 5.88. The fraction of sp³-hybridized carbons (Fsp3) is 0.273. The van der Waals surface area contributed by atoms with Gasteiger partial charge in [0.15, 0.2) is 6.73 Å². The SMILES string of the molecule is CCOc1ccc2c(c1)Cc1cc(OCN3C(=O)C4(C(=O)N(C)C4=O)C3=O)ccc1-2. The van der Waals surface area contributed by atoms with E-state index >= 15 is 0 Å². The van der Waals surface area contributed by atoms with Crippen LogP contribution < -0.4 is 9.47 Å². The molecule has 4 amide bonds. The quantitative estimate of drug-likeness (QED) is 0.469. The standard InChI is InChI=1S/C22H18N2O6/c1-3-29-14-4-6-16-12(9-14)8-13-10-15(5-7-17(13)16)30-11-24-20(27)22(21(24)28)18(25)23(2)19(22)26/h4-7,9-10H,3,8,11H2,1-2H3. The molecule has 2 fully saturated rings. The number of hydrogen-bond acceptors (Lipinski definition) is 6. The minimum atomic E-state index is -2.16. The number of amides is 4. The Kier molecular flexibility index (Phi) is 3.77. The summed E-state index contributed by atoms with van der Waals surface area (Å²) in [6.07, 6.45) is 0.725. The maximum absolute atomic E-state index is 12.3. The van der Waals surface area contributed by atoms with Crippen molar-refractivity contribution in [1.82, 2.24) is 9.80 Å². The van der Waals surface area contributed by atoms with Crippen molar-refractivity contribution in [2.24, 2.45) is 5.41 Å². The van der Waals surface area contributed by atoms with Crippen LogP contribution in [0.1, 0.15) is 18.1 Å². The number of carbonyl (C=O) groups is 4. The number of imide groups is 2. The number of likely N-dealkylation sites (tertiary alicyclic amines) is 2. The zero-order valence-corrected chi connectivity index (χ0v) is 16.4. The monoisotopic (exact) mass is 406 g/mol. The molecule has 2 saturated heterocycles. The average Bonchev–Trinajstić information content (AvgIpc) is 3.11. The molecule has 2 aromatic carbocycles. The van der Waals surface area contributed by atoms with Crippen LogP contribution in [-0.2, 0) is 25.6 Å². The molecule has 30 heavy (non-hydrogen) atoms. The van der Waals surface area contributed by atoms with Crippen molar-refractivity contribution in [3.05, 3.63) is 47.5 Å². The molecule has 0 unspecified atom stereocenters. The lowest BCUT2D eigenvalue weighted by atomic mass is 9.69. The van der Waals surface area contributed by atoms with Gasteiger partial charge in [0.2, 0.25) is 0 Å². The third-order valence-corrected chi connectivity index (χ3v) is 5.88. The Morgan fingerprint density at radius 3 is 1.90 bits per heavy atom. The summed E-state index contributed by atoms with van der Waals surface area (Å²) >= 11 is 0. The van der Waals surface area contributed by atoms with Gasteiger partial charge in [0, 0.05) is 7.05 Å². The van der Waals surface area contributed by atoms with Gasteiger partial charge in [-0.15, -0.1) is 0 Å². The van der Waals surface area contributed by atoms with E-state index in [-0.39, 0.29) is 6.73 Å². The summed E-state index contributed by atoms with van der Waals surface area (Å²) in [5.74, 6) is -1.87. The van der Waals surface area contributed by atoms with Gasteiger partial charge in [0.25, 0.3) is 29.0 Å². The molecule has 2 heterocycles. The van der Waals surface area contributed by atoms with Crippen LogP contribution in [0, 0.1) is 5.41 Å². The second-order valence-corrected chi connectivity index (χ2v) is 7.48. The van der Waals surface area contributed by atoms with E-state index < -0.39 is 29.0 Å². The first-order chi connectivity index (χ1) is 14.4. The minimum Gasteiger partial charge on any atom is -0.494 e. The Labute approximate surface area is 172 Å². The van der Waals surface area contributed by atoms with Gasteiger partial charge in [-0.25, -0.2) is 4.90 Å². The second kappa shape index (κ2) is 6.16. The summed E-state index contributed by atoms with van der Waals surface area (Å²) in [4.78, 5) is 50.0. The van der Waals surface area contributed by atoms with Gasteiger partial charge in [-0.05, 0) is 59.9 Å². The first-order valence-corrected chi connectivity index (χ1v) is 9.60. The number of benzene rings is 2. The molecule has 8 heteroatoms. The Morgan fingerprint density at radius 1 is 0.833 bits per heavy atom. The smallest absolute Gasteiger partial charge is 0.285 e. The van der Waals surface area contributed by atoms with E-state index in [1.807, 2.05) is 37.3 Å². The van der Waals surface area contributed by atoms with Gasteiger partial charge in [-0.2, -0.15) is 0 Å². The highest BCUT2D eigenvalue weighted by atomic mass is 16.5. The number of fused-ring (bicyclic) bond motifs is 3. The third kappa shape index (κ3) is 2.16. The number of carbonyl (C=O) groups excluding carboxylic acids is 4. The molecule has 0 N–H and O–H groups in total. The average molecular weight is 406 g/mol. The first kappa shape index (κ1) is 18.4. The van der Waals surface area contributed by atoms with Gasteiger partial charge < -0.3 is 9.47 Å². The van der Waals surface area contributed by atoms with Crippen LogP contribution in [0.25, 0.3) is 11.1 Å². The van der Waals surface area contributed by atoms with Gasteiger partial charge >= 0.3 is 0 Å². The number of β-lactam (4-membered cyclic amide) rings is 4. The molecule has 0 bridgehead atoms. The highest BCUT2D eigenvalue weighted by molar-refractivity contribution is 6.52. The van der Waals surface area contributed by atoms with E-state index in [1.54, 1.807) is 6.07 Å². The van der Waals surface area contributed by atoms with E-state index in [9.17, 15) is 19.2 Å². The van der Waals surface area contributed by atoms with Gasteiger partial charge in [0.05, 0.1) is 6.61 Å². The first-order valence-electron chi connectivity index (χ1n) is 9.60. The number of ether oxygens (including phenoxy) is 2. The lowest BCUT2D eigenvalue weighted by Gasteiger charge is -2.50. The van der Waals surface area contributed by atoms with Crippen molar-refractivity contribution in [1.29, 1.82) is 0 Å². The largest absolute Gasteiger partial charge is 0.494 e. The van der Waals surface area contributed by atoms with Crippen molar-refractivity contribution in [2.75, 3.05) is 20.4 Å². The Balaban J connectivity index is 1.29. The normalized spacial score (nSPS) is 18.2. The zero-order valence-electron chi connectivity index (χ0n) is 16.4. The van der Waals surface area contributed by atoms with Crippen LogP contribution in [0.4, 0.5) is 0 Å². The molecular weight excluding hydrogens is 388 g/mol. The van der Waals surface area contributed by atoms with Crippen LogP contribution >= 0.6 is 0 Å². The second-order valence-electron chi connectivity index (χ2n) is 7.48. The van der Waals surface area contributed by atoms with Crippen molar-refractivity contribution < 1.29 is 28.7 Å². The number of hydrogen-bond donors (Lipinski definition) is 0. The van der Waals surface area contributed by atoms with E-state index in [2.05, 4.69) is 0 Å². The summed E-state index contributed by atoms with van der Waals surface area (Å²) in [7, 11) is 1.25. The molecule has 3 aliphatic rings. The predicted octanol–water partition coefficient (Wildman–Crippen LogP) is 1.35. The van der Waals surface area contributed by atoms with Crippen LogP contribution in [0.15, 0.2) is 36.4 Å². The van der Waals surface area contributed by atoms with Crippen molar-refractivity contribution >= 4 is 23.6 Å². The summed E-state index contributed by atoms with van der Waals surface area (Å²) in [5.41, 5.74) is 2.31. The fourth-order valence-corrected chi connectivity index (χ4v) is 4.30. The number of nitrogens with zero attached hydrogens (tertiary/aromatic N) is 2. The molecule has 0 atom stereocenters. The maximum atomic E-state index is 12.3. The molecule has 8 nitrogen and oxygen atoms in total. The Bertz CT molecular complexity index is 1120. The summed E-state index contributed by atoms with van der Waals surface area (Å²) in [6, 6.07) is 11.6. The van der Waals surface area contributed by atoms with Gasteiger partial charge in [-0.1, -0.05) is 12.1 Å². The molecule has 0 saturated carbocycles. The molecule has 2 aromatic rings. The molecule has 0 radical (unpaired) electrons. The van der Waals surface area contributed by atoms with Crippen LogP contribution in [0.5, 0.6) is 11.5 Å². The van der Waals surface area contributed by atoms with Crippen molar-refractivity contribution in [2.45, 2.75) is 13.3 Å². The maximum Gasteiger partial charge on any atom is 0.285 e. The summed E-state index contributed by atoms with van der Waals surface area (Å²) in [5, 5.41) is 0. The molecule has 5 rings (SSSR count). The lowest BCUT2D eigenvalue weighted by molar-refractivity contribution is -0.200. The molecule has 2 aliphatic heterocycles. The van der Waals surface area contributed by atoms with Crippen molar-refractivity contribution in [3.8, 4) is 22.6 Å². The minimum absolute atomic E-state index is 0.343.